The minimum absolute atomic E-state index is 0.0192. The van der Waals surface area contributed by atoms with Crippen LogP contribution in [0.5, 0.6) is 5.75 Å². The maximum atomic E-state index is 12.3. The number of benzene rings is 1. The number of carbonyl (C=O) groups is 1. The van der Waals surface area contributed by atoms with Gasteiger partial charge in [0.25, 0.3) is 5.91 Å². The predicted molar refractivity (Wildman–Crippen MR) is 92.8 cm³/mol. The topological polar surface area (TPSA) is 53.6 Å². The summed E-state index contributed by atoms with van der Waals surface area (Å²) in [5.74, 6) is 0.738. The molecular formula is C18H29N3O2. The van der Waals surface area contributed by atoms with Crippen molar-refractivity contribution in [2.75, 3.05) is 39.3 Å². The van der Waals surface area contributed by atoms with E-state index in [1.807, 2.05) is 38.1 Å². The number of carbonyl (C=O) groups excluding carboxylic acids is 1. The van der Waals surface area contributed by atoms with Crippen LogP contribution in [0.1, 0.15) is 25.3 Å². The first-order valence-electron chi connectivity index (χ1n) is 8.63. The molecule has 128 valence electrons. The number of hydrogen-bond donors (Lipinski definition) is 2. The number of rotatable bonds is 8. The lowest BCUT2D eigenvalue weighted by molar-refractivity contribution is -0.128. The molecule has 1 aliphatic rings. The van der Waals surface area contributed by atoms with Crippen molar-refractivity contribution in [1.29, 1.82) is 0 Å². The lowest BCUT2D eigenvalue weighted by Crippen LogP contribution is -2.44. The Hall–Kier alpha value is -1.59. The highest BCUT2D eigenvalue weighted by Gasteiger charge is 2.18. The van der Waals surface area contributed by atoms with Gasteiger partial charge in [-0.2, -0.15) is 0 Å². The lowest BCUT2D eigenvalue weighted by atomic mass is 10.2. The highest BCUT2D eigenvalue weighted by atomic mass is 16.5. The van der Waals surface area contributed by atoms with Crippen molar-refractivity contribution >= 4 is 5.91 Å². The predicted octanol–water partition coefficient (Wildman–Crippen LogP) is 1.56. The Morgan fingerprint density at radius 2 is 2.17 bits per heavy atom. The summed E-state index contributed by atoms with van der Waals surface area (Å²) in [7, 11) is 0. The van der Waals surface area contributed by atoms with Gasteiger partial charge in [-0.15, -0.1) is 0 Å². The normalized spacial score (nSPS) is 16.8. The number of hydrogen-bond acceptors (Lipinski definition) is 4. The van der Waals surface area contributed by atoms with E-state index in [1.165, 1.54) is 0 Å². The first-order chi connectivity index (χ1) is 11.2. The first-order valence-corrected chi connectivity index (χ1v) is 8.63. The van der Waals surface area contributed by atoms with Crippen molar-refractivity contribution in [3.63, 3.8) is 0 Å². The maximum Gasteiger partial charge on any atom is 0.261 e. The fourth-order valence-electron chi connectivity index (χ4n) is 2.74. The minimum atomic E-state index is -0.420. The molecule has 1 aromatic carbocycles. The van der Waals surface area contributed by atoms with E-state index >= 15 is 0 Å². The molecule has 2 N–H and O–H groups in total. The van der Waals surface area contributed by atoms with Gasteiger partial charge >= 0.3 is 0 Å². The van der Waals surface area contributed by atoms with Gasteiger partial charge in [-0.05, 0) is 44.0 Å². The van der Waals surface area contributed by atoms with Crippen molar-refractivity contribution in [2.24, 2.45) is 0 Å². The van der Waals surface area contributed by atoms with E-state index in [4.69, 9.17) is 4.74 Å². The van der Waals surface area contributed by atoms with Gasteiger partial charge in [-0.1, -0.05) is 19.1 Å². The van der Waals surface area contributed by atoms with Crippen LogP contribution in [0.3, 0.4) is 0 Å². The van der Waals surface area contributed by atoms with Gasteiger partial charge < -0.3 is 20.3 Å². The highest BCUT2D eigenvalue weighted by Crippen LogP contribution is 2.15. The van der Waals surface area contributed by atoms with Gasteiger partial charge in [0.15, 0.2) is 6.10 Å². The number of nitrogens with one attached hydrogen (secondary N) is 2. The third kappa shape index (κ3) is 6.20. The van der Waals surface area contributed by atoms with E-state index in [-0.39, 0.29) is 5.91 Å². The summed E-state index contributed by atoms with van der Waals surface area (Å²) in [6.45, 7) is 10.1. The zero-order valence-corrected chi connectivity index (χ0v) is 14.3. The zero-order chi connectivity index (χ0) is 16.5. The Morgan fingerprint density at radius 3 is 2.87 bits per heavy atom. The molecule has 1 aromatic rings. The molecule has 1 amide bonds. The third-order valence-corrected chi connectivity index (χ3v) is 4.09. The fraction of sp³-hybridized carbons (Fsp3) is 0.611. The van der Waals surface area contributed by atoms with Crippen LogP contribution in [0, 0.1) is 6.92 Å². The van der Waals surface area contributed by atoms with Crippen LogP contribution in [0.25, 0.3) is 0 Å². The summed E-state index contributed by atoms with van der Waals surface area (Å²) in [4.78, 5) is 14.7. The summed E-state index contributed by atoms with van der Waals surface area (Å²) in [6, 6.07) is 7.82. The molecule has 0 bridgehead atoms. The second kappa shape index (κ2) is 9.53. The van der Waals surface area contributed by atoms with Crippen LogP contribution in [0.15, 0.2) is 24.3 Å². The summed E-state index contributed by atoms with van der Waals surface area (Å²) in [6.07, 6.45) is 1.22. The van der Waals surface area contributed by atoms with Gasteiger partial charge in [0, 0.05) is 32.7 Å². The van der Waals surface area contributed by atoms with E-state index in [9.17, 15) is 4.79 Å². The second-order valence-electron chi connectivity index (χ2n) is 6.07. The van der Waals surface area contributed by atoms with E-state index in [1.54, 1.807) is 0 Å². The molecule has 0 radical (unpaired) electrons. The summed E-state index contributed by atoms with van der Waals surface area (Å²) >= 11 is 0. The molecule has 0 aromatic heterocycles. The summed E-state index contributed by atoms with van der Waals surface area (Å²) in [5, 5.41) is 6.35. The number of nitrogens with zero attached hydrogens (tertiary/aromatic N) is 1. The van der Waals surface area contributed by atoms with Gasteiger partial charge in [-0.3, -0.25) is 4.79 Å². The van der Waals surface area contributed by atoms with Gasteiger partial charge in [0.05, 0.1) is 0 Å². The van der Waals surface area contributed by atoms with Crippen molar-refractivity contribution < 1.29 is 9.53 Å². The largest absolute Gasteiger partial charge is 0.481 e. The van der Waals surface area contributed by atoms with Crippen molar-refractivity contribution in [3.05, 3.63) is 29.8 Å². The smallest absolute Gasteiger partial charge is 0.261 e. The van der Waals surface area contributed by atoms with E-state index < -0.39 is 6.10 Å². The van der Waals surface area contributed by atoms with Crippen molar-refractivity contribution in [2.45, 2.75) is 32.8 Å². The van der Waals surface area contributed by atoms with E-state index in [2.05, 4.69) is 15.5 Å². The van der Waals surface area contributed by atoms with Crippen LogP contribution in [0.2, 0.25) is 0 Å². The van der Waals surface area contributed by atoms with Crippen LogP contribution in [-0.2, 0) is 4.79 Å². The molecule has 1 atom stereocenters. The van der Waals surface area contributed by atoms with Crippen LogP contribution in [0.4, 0.5) is 0 Å². The molecule has 5 heteroatoms. The molecule has 0 spiro atoms. The molecule has 1 unspecified atom stereocenters. The minimum Gasteiger partial charge on any atom is -0.481 e. The SMILES string of the molecule is CCC(Oc1cccc(C)c1)C(=O)NCCCN1CCNCC1. The maximum absolute atomic E-state index is 12.3. The highest BCUT2D eigenvalue weighted by molar-refractivity contribution is 5.81. The Balaban J connectivity index is 1.69. The Kier molecular flexibility index (Phi) is 7.36. The molecule has 0 saturated carbocycles. The first kappa shape index (κ1) is 17.8. The number of aryl methyl sites for hydroxylation is 1. The number of amides is 1. The monoisotopic (exact) mass is 319 g/mol. The van der Waals surface area contributed by atoms with Crippen molar-refractivity contribution in [1.82, 2.24) is 15.5 Å². The Labute approximate surface area is 139 Å². The Morgan fingerprint density at radius 1 is 1.39 bits per heavy atom. The quantitative estimate of drug-likeness (QED) is 0.714. The number of piperazine rings is 1. The zero-order valence-electron chi connectivity index (χ0n) is 14.3. The average molecular weight is 319 g/mol. The molecule has 23 heavy (non-hydrogen) atoms. The van der Waals surface area contributed by atoms with Gasteiger partial charge in [0.2, 0.25) is 0 Å². The summed E-state index contributed by atoms with van der Waals surface area (Å²) in [5.41, 5.74) is 1.13. The van der Waals surface area contributed by atoms with Crippen LogP contribution < -0.4 is 15.4 Å². The van der Waals surface area contributed by atoms with Crippen LogP contribution in [-0.4, -0.2) is 56.2 Å². The lowest BCUT2D eigenvalue weighted by Gasteiger charge is -2.27. The molecule has 0 aliphatic carbocycles. The molecule has 1 saturated heterocycles. The second-order valence-corrected chi connectivity index (χ2v) is 6.07. The van der Waals surface area contributed by atoms with E-state index in [0.717, 1.165) is 50.5 Å². The molecule has 1 fully saturated rings. The molecule has 5 nitrogen and oxygen atoms in total. The van der Waals surface area contributed by atoms with Crippen molar-refractivity contribution in [3.8, 4) is 5.75 Å². The van der Waals surface area contributed by atoms with E-state index in [0.29, 0.717) is 13.0 Å². The average Bonchev–Trinajstić information content (AvgIpc) is 2.57. The van der Waals surface area contributed by atoms with Gasteiger partial charge in [0.1, 0.15) is 5.75 Å². The summed E-state index contributed by atoms with van der Waals surface area (Å²) < 4.78 is 5.82. The third-order valence-electron chi connectivity index (χ3n) is 4.09. The standard InChI is InChI=1S/C18H29N3O2/c1-3-17(23-16-7-4-6-15(2)14-16)18(22)20-8-5-11-21-12-9-19-10-13-21/h4,6-7,14,17,19H,3,5,8-13H2,1-2H3,(H,20,22). The molecule has 1 aliphatic heterocycles. The molecular weight excluding hydrogens is 290 g/mol. The Bertz CT molecular complexity index is 487. The molecule has 2 rings (SSSR count). The molecule has 1 heterocycles. The van der Waals surface area contributed by atoms with Gasteiger partial charge in [-0.25, -0.2) is 0 Å². The number of ether oxygens (including phenoxy) is 1. The van der Waals surface area contributed by atoms with Crippen LogP contribution >= 0.6 is 0 Å². The fourth-order valence-corrected chi connectivity index (χ4v) is 2.74.